The number of amides is 1. The van der Waals surface area contributed by atoms with E-state index in [1.165, 1.54) is 0 Å². The average Bonchev–Trinajstić information content (AvgIpc) is 2.74. The minimum Gasteiger partial charge on any atom is -0.469 e. The van der Waals surface area contributed by atoms with Crippen LogP contribution in [-0.2, 0) is 6.42 Å². The highest BCUT2D eigenvalue weighted by Crippen LogP contribution is 2.16. The van der Waals surface area contributed by atoms with E-state index in [1.807, 2.05) is 11.8 Å². The zero-order valence-electron chi connectivity index (χ0n) is 10.7. The molecule has 0 aromatic carbocycles. The normalized spacial score (nSPS) is 25.0. The predicted octanol–water partition coefficient (Wildman–Crippen LogP) is 1.66. The van der Waals surface area contributed by atoms with E-state index < -0.39 is 0 Å². The Morgan fingerprint density at radius 2 is 2.12 bits per heavy atom. The van der Waals surface area contributed by atoms with Gasteiger partial charge in [0.05, 0.1) is 11.8 Å². The zero-order valence-corrected chi connectivity index (χ0v) is 10.7. The van der Waals surface area contributed by atoms with E-state index >= 15 is 0 Å². The molecule has 1 aromatic rings. The first-order chi connectivity index (χ1) is 8.11. The topological polar surface area (TPSA) is 45.5 Å². The molecule has 0 radical (unpaired) electrons. The molecule has 1 aliphatic rings. The molecule has 0 saturated carbocycles. The van der Waals surface area contributed by atoms with Crippen molar-refractivity contribution < 1.29 is 9.21 Å². The predicted molar refractivity (Wildman–Crippen MR) is 66.0 cm³/mol. The molecule has 17 heavy (non-hydrogen) atoms. The lowest BCUT2D eigenvalue weighted by Gasteiger charge is -2.36. The number of nitrogens with one attached hydrogen (secondary N) is 1. The minimum atomic E-state index is 0.0933. The third kappa shape index (κ3) is 2.52. The molecule has 0 spiro atoms. The van der Waals surface area contributed by atoms with Gasteiger partial charge in [0.1, 0.15) is 5.76 Å². The second-order valence-electron chi connectivity index (χ2n) is 4.79. The number of piperazine rings is 1. The molecule has 1 aliphatic heterocycles. The maximum atomic E-state index is 12.4. The van der Waals surface area contributed by atoms with Crippen molar-refractivity contribution in [3.63, 3.8) is 0 Å². The van der Waals surface area contributed by atoms with Crippen LogP contribution >= 0.6 is 0 Å². The van der Waals surface area contributed by atoms with E-state index in [-0.39, 0.29) is 5.91 Å². The molecule has 94 valence electrons. The molecule has 1 amide bonds. The van der Waals surface area contributed by atoms with Crippen molar-refractivity contribution in [2.24, 2.45) is 0 Å². The van der Waals surface area contributed by atoms with Gasteiger partial charge in [-0.25, -0.2) is 0 Å². The highest BCUT2D eigenvalue weighted by atomic mass is 16.3. The summed E-state index contributed by atoms with van der Waals surface area (Å²) < 4.78 is 5.32. The van der Waals surface area contributed by atoms with Gasteiger partial charge in [-0.3, -0.25) is 4.79 Å². The van der Waals surface area contributed by atoms with Crippen LogP contribution in [-0.4, -0.2) is 36.0 Å². The van der Waals surface area contributed by atoms with Gasteiger partial charge in [0.25, 0.3) is 5.91 Å². The van der Waals surface area contributed by atoms with E-state index in [0.717, 1.165) is 25.3 Å². The number of furan rings is 1. The smallest absolute Gasteiger partial charge is 0.257 e. The highest BCUT2D eigenvalue weighted by molar-refractivity contribution is 5.95. The van der Waals surface area contributed by atoms with Gasteiger partial charge in [0, 0.05) is 31.6 Å². The maximum Gasteiger partial charge on any atom is 0.257 e. The first kappa shape index (κ1) is 12.2. The lowest BCUT2D eigenvalue weighted by Crippen LogP contribution is -2.55. The van der Waals surface area contributed by atoms with Crippen LogP contribution in [0, 0.1) is 0 Å². The summed E-state index contributed by atoms with van der Waals surface area (Å²) in [5.74, 6) is 0.879. The molecular formula is C13H20N2O2. The molecule has 0 bridgehead atoms. The largest absolute Gasteiger partial charge is 0.469 e. The molecule has 2 heterocycles. The van der Waals surface area contributed by atoms with Gasteiger partial charge in [-0.1, -0.05) is 6.92 Å². The lowest BCUT2D eigenvalue weighted by atomic mass is 10.1. The zero-order chi connectivity index (χ0) is 12.4. The molecule has 1 fully saturated rings. The van der Waals surface area contributed by atoms with Gasteiger partial charge in [0.15, 0.2) is 0 Å². The molecule has 1 N–H and O–H groups in total. The monoisotopic (exact) mass is 236 g/mol. The van der Waals surface area contributed by atoms with Crippen LogP contribution in [0.4, 0.5) is 0 Å². The van der Waals surface area contributed by atoms with Crippen molar-refractivity contribution in [3.05, 3.63) is 23.7 Å². The number of hydrogen-bond acceptors (Lipinski definition) is 3. The van der Waals surface area contributed by atoms with Crippen LogP contribution in [0.2, 0.25) is 0 Å². The molecule has 4 nitrogen and oxygen atoms in total. The fraction of sp³-hybridized carbons (Fsp3) is 0.615. The van der Waals surface area contributed by atoms with E-state index in [1.54, 1.807) is 12.3 Å². The first-order valence-corrected chi connectivity index (χ1v) is 6.23. The van der Waals surface area contributed by atoms with Gasteiger partial charge < -0.3 is 14.6 Å². The van der Waals surface area contributed by atoms with E-state index in [4.69, 9.17) is 4.42 Å². The third-order valence-corrected chi connectivity index (χ3v) is 3.14. The Bertz CT molecular complexity index is 390. The van der Waals surface area contributed by atoms with Crippen LogP contribution in [0.25, 0.3) is 0 Å². The van der Waals surface area contributed by atoms with Crippen LogP contribution in [0.15, 0.2) is 16.7 Å². The standard InChI is InChI=1S/C13H20N2O2/c1-4-12-11(5-6-17-12)13(16)15-7-9(2)14-10(3)8-15/h5-6,9-10,14H,4,7-8H2,1-3H3. The second-order valence-corrected chi connectivity index (χ2v) is 4.79. The van der Waals surface area contributed by atoms with Crippen LogP contribution in [0.5, 0.6) is 0 Å². The fourth-order valence-electron chi connectivity index (χ4n) is 2.47. The molecule has 2 atom stereocenters. The van der Waals surface area contributed by atoms with E-state index in [9.17, 15) is 4.79 Å². The van der Waals surface area contributed by atoms with E-state index in [0.29, 0.717) is 17.6 Å². The summed E-state index contributed by atoms with van der Waals surface area (Å²) in [7, 11) is 0. The van der Waals surface area contributed by atoms with E-state index in [2.05, 4.69) is 19.2 Å². The van der Waals surface area contributed by atoms with Crippen LogP contribution < -0.4 is 5.32 Å². The number of hydrogen-bond donors (Lipinski definition) is 1. The minimum absolute atomic E-state index is 0.0933. The Kier molecular flexibility index (Phi) is 3.52. The molecular weight excluding hydrogens is 216 g/mol. The summed E-state index contributed by atoms with van der Waals surface area (Å²) in [6, 6.07) is 2.47. The Hall–Kier alpha value is -1.29. The second kappa shape index (κ2) is 4.92. The molecule has 4 heteroatoms. The number of carbonyl (C=O) groups excluding carboxylic acids is 1. The van der Waals surface area contributed by atoms with Crippen LogP contribution in [0.1, 0.15) is 36.9 Å². The Morgan fingerprint density at radius 3 is 2.71 bits per heavy atom. The van der Waals surface area contributed by atoms with Crippen molar-refractivity contribution in [1.82, 2.24) is 10.2 Å². The summed E-state index contributed by atoms with van der Waals surface area (Å²) >= 11 is 0. The summed E-state index contributed by atoms with van der Waals surface area (Å²) in [6.07, 6.45) is 2.35. The van der Waals surface area contributed by atoms with Crippen molar-refractivity contribution in [2.75, 3.05) is 13.1 Å². The number of carbonyl (C=O) groups is 1. The lowest BCUT2D eigenvalue weighted by molar-refractivity contribution is 0.0671. The number of aryl methyl sites for hydroxylation is 1. The Labute approximate surface area is 102 Å². The quantitative estimate of drug-likeness (QED) is 0.849. The number of nitrogens with zero attached hydrogens (tertiary/aromatic N) is 1. The Balaban J connectivity index is 2.14. The van der Waals surface area contributed by atoms with Gasteiger partial charge in [-0.2, -0.15) is 0 Å². The first-order valence-electron chi connectivity index (χ1n) is 6.23. The Morgan fingerprint density at radius 1 is 1.47 bits per heavy atom. The SMILES string of the molecule is CCc1occc1C(=O)N1CC(C)NC(C)C1. The summed E-state index contributed by atoms with van der Waals surface area (Å²) in [4.78, 5) is 14.3. The molecule has 2 rings (SSSR count). The molecule has 2 unspecified atom stereocenters. The van der Waals surface area contributed by atoms with Crippen molar-refractivity contribution in [2.45, 2.75) is 39.3 Å². The summed E-state index contributed by atoms with van der Waals surface area (Å²) in [5, 5.41) is 3.42. The maximum absolute atomic E-state index is 12.4. The highest BCUT2D eigenvalue weighted by Gasteiger charge is 2.27. The van der Waals surface area contributed by atoms with Crippen molar-refractivity contribution in [1.29, 1.82) is 0 Å². The van der Waals surface area contributed by atoms with Gasteiger partial charge >= 0.3 is 0 Å². The van der Waals surface area contributed by atoms with Crippen LogP contribution in [0.3, 0.4) is 0 Å². The molecule has 1 aromatic heterocycles. The van der Waals surface area contributed by atoms with Gasteiger partial charge in [0.2, 0.25) is 0 Å². The number of rotatable bonds is 2. The third-order valence-electron chi connectivity index (χ3n) is 3.14. The molecule has 1 saturated heterocycles. The average molecular weight is 236 g/mol. The van der Waals surface area contributed by atoms with Crippen molar-refractivity contribution >= 4 is 5.91 Å². The fourth-order valence-corrected chi connectivity index (χ4v) is 2.47. The summed E-state index contributed by atoms with van der Waals surface area (Å²) in [5.41, 5.74) is 0.716. The van der Waals surface area contributed by atoms with Crippen molar-refractivity contribution in [3.8, 4) is 0 Å². The molecule has 0 aliphatic carbocycles. The van der Waals surface area contributed by atoms with Gasteiger partial charge in [-0.05, 0) is 19.9 Å². The summed E-state index contributed by atoms with van der Waals surface area (Å²) in [6.45, 7) is 7.73. The van der Waals surface area contributed by atoms with Gasteiger partial charge in [-0.15, -0.1) is 0 Å².